The normalized spacial score (nSPS) is 14.7. The van der Waals surface area contributed by atoms with Crippen LogP contribution < -0.4 is 4.89 Å². The van der Waals surface area contributed by atoms with Crippen LogP contribution in [0.4, 0.5) is 0 Å². The van der Waals surface area contributed by atoms with E-state index in [1.54, 1.807) is 0 Å². The molecule has 0 aromatic rings. The van der Waals surface area contributed by atoms with Gasteiger partial charge in [0.2, 0.25) is 0 Å². The van der Waals surface area contributed by atoms with Crippen molar-refractivity contribution in [2.24, 2.45) is 0 Å². The Balaban J connectivity index is 4.46. The fourth-order valence-corrected chi connectivity index (χ4v) is 6.87. The van der Waals surface area contributed by atoms with E-state index in [9.17, 15) is 19.0 Å². The number of carbonyl (C=O) groups is 2. The molecule has 0 saturated heterocycles. The summed E-state index contributed by atoms with van der Waals surface area (Å²) >= 11 is 0. The van der Waals surface area contributed by atoms with E-state index in [-0.39, 0.29) is 26.1 Å². The van der Waals surface area contributed by atoms with Crippen LogP contribution in [0.3, 0.4) is 0 Å². The summed E-state index contributed by atoms with van der Waals surface area (Å²) in [5.41, 5.74) is 0. The summed E-state index contributed by atoms with van der Waals surface area (Å²) in [6.45, 7) is 3.86. The molecule has 2 unspecified atom stereocenters. The summed E-state index contributed by atoms with van der Waals surface area (Å²) in [6.07, 6.45) is 78.3. The standard InChI is InChI=1S/C62H96NO8P/c1-6-8-10-12-14-16-18-20-22-24-26-28-29-30-31-32-33-35-37-39-41-43-45-47-49-51-53-55-62(65)71-60(59-70-72(66,67)69-57-56-63(3,4)5)58-68-61(64)54-52-50-48-46-44-42-40-38-36-34-27-25-23-21-19-17-15-13-11-9-7-2/h8-11,14-17,20-23,26-28,30-31,33-35,38-41,44-47,60H,6-7,12-13,18-19,24-25,29,32,36-37,42-43,48-59H2,1-5H3/b10-8-,11-9-,16-14-,17-15-,22-20-,23-21-,28-26-,31-30-,34-27-,35-33-,40-38-,41-39-,46-44-,47-45-. The summed E-state index contributed by atoms with van der Waals surface area (Å²) in [7, 11) is 1.08. The highest BCUT2D eigenvalue weighted by Gasteiger charge is 2.21. The highest BCUT2D eigenvalue weighted by Crippen LogP contribution is 2.38. The molecule has 0 rings (SSSR count). The number of phosphoric ester groups is 1. The molecule has 0 aromatic carbocycles. The van der Waals surface area contributed by atoms with E-state index in [2.05, 4.69) is 184 Å². The summed E-state index contributed by atoms with van der Waals surface area (Å²) in [4.78, 5) is 37.8. The van der Waals surface area contributed by atoms with Gasteiger partial charge in [-0.1, -0.05) is 184 Å². The van der Waals surface area contributed by atoms with Crippen LogP contribution >= 0.6 is 7.82 Å². The Morgan fingerprint density at radius 2 is 0.736 bits per heavy atom. The fourth-order valence-electron chi connectivity index (χ4n) is 6.14. The Morgan fingerprint density at radius 1 is 0.431 bits per heavy atom. The Hall–Kier alpha value is -4.63. The Morgan fingerprint density at radius 3 is 1.06 bits per heavy atom. The Kier molecular flexibility index (Phi) is 48.0. The van der Waals surface area contributed by atoms with Gasteiger partial charge in [-0.15, -0.1) is 0 Å². The number of unbranched alkanes of at least 4 members (excludes halogenated alkanes) is 4. The van der Waals surface area contributed by atoms with E-state index in [4.69, 9.17) is 18.5 Å². The SMILES string of the molecule is CC/C=C\C/C=C\C/C=C\C/C=C\C/C=C\C/C=C\C/C=C\C/C=C\CCCCC(=O)OC(COC(=O)CCCC/C=C\C/C=C\C/C=C\C/C=C\C/C=C\C/C=C\CC)COP(=O)([O-])OCC[N+](C)(C)C. The van der Waals surface area contributed by atoms with E-state index in [0.717, 1.165) is 116 Å². The first-order valence-corrected chi connectivity index (χ1v) is 28.3. The van der Waals surface area contributed by atoms with Gasteiger partial charge in [0.25, 0.3) is 7.82 Å². The Labute approximate surface area is 438 Å². The minimum Gasteiger partial charge on any atom is -0.756 e. The number of esters is 2. The van der Waals surface area contributed by atoms with Crippen LogP contribution in [0.5, 0.6) is 0 Å². The molecule has 0 heterocycles. The minimum atomic E-state index is -4.67. The lowest BCUT2D eigenvalue weighted by atomic mass is 10.1. The average molecular weight is 1010 g/mol. The number of phosphoric acid groups is 1. The van der Waals surface area contributed by atoms with Crippen molar-refractivity contribution in [1.82, 2.24) is 0 Å². The van der Waals surface area contributed by atoms with E-state index < -0.39 is 32.5 Å². The number of rotatable bonds is 46. The number of hydrogen-bond donors (Lipinski definition) is 0. The summed E-state index contributed by atoms with van der Waals surface area (Å²) in [6, 6.07) is 0. The van der Waals surface area contributed by atoms with Gasteiger partial charge in [0.1, 0.15) is 19.8 Å². The molecular weight excluding hydrogens is 918 g/mol. The molecule has 0 aliphatic carbocycles. The minimum absolute atomic E-state index is 0.0582. The van der Waals surface area contributed by atoms with Crippen molar-refractivity contribution in [2.45, 2.75) is 161 Å². The molecule has 0 radical (unpaired) electrons. The third-order valence-electron chi connectivity index (χ3n) is 10.2. The van der Waals surface area contributed by atoms with E-state index in [1.807, 2.05) is 21.1 Å². The molecule has 0 N–H and O–H groups in total. The smallest absolute Gasteiger partial charge is 0.306 e. The van der Waals surface area contributed by atoms with Crippen molar-refractivity contribution in [3.8, 4) is 0 Å². The van der Waals surface area contributed by atoms with E-state index in [1.165, 1.54) is 0 Å². The average Bonchev–Trinajstić information content (AvgIpc) is 3.34. The molecule has 10 heteroatoms. The van der Waals surface area contributed by atoms with Gasteiger partial charge in [-0.05, 0) is 128 Å². The second-order valence-corrected chi connectivity index (χ2v) is 19.5. The molecule has 0 spiro atoms. The number of ether oxygens (including phenoxy) is 2. The maximum absolute atomic E-state index is 12.8. The first-order valence-electron chi connectivity index (χ1n) is 26.8. The first-order chi connectivity index (χ1) is 35.0. The molecular formula is C62H96NO8P. The predicted molar refractivity (Wildman–Crippen MR) is 304 cm³/mol. The van der Waals surface area contributed by atoms with Crippen LogP contribution in [-0.4, -0.2) is 70.0 Å². The highest BCUT2D eigenvalue weighted by molar-refractivity contribution is 7.45. The van der Waals surface area contributed by atoms with Gasteiger partial charge < -0.3 is 27.9 Å². The zero-order valence-electron chi connectivity index (χ0n) is 45.3. The third-order valence-corrected chi connectivity index (χ3v) is 11.2. The van der Waals surface area contributed by atoms with Gasteiger partial charge >= 0.3 is 11.9 Å². The predicted octanol–water partition coefficient (Wildman–Crippen LogP) is 16.1. The molecule has 0 fully saturated rings. The monoisotopic (exact) mass is 1010 g/mol. The molecule has 0 amide bonds. The number of nitrogens with zero attached hydrogens (tertiary/aromatic N) is 1. The lowest BCUT2D eigenvalue weighted by Crippen LogP contribution is -2.37. The molecule has 0 aromatic heterocycles. The largest absolute Gasteiger partial charge is 0.756 e. The van der Waals surface area contributed by atoms with Crippen LogP contribution in [0.15, 0.2) is 170 Å². The van der Waals surface area contributed by atoms with Crippen molar-refractivity contribution in [3.05, 3.63) is 170 Å². The molecule has 2 atom stereocenters. The molecule has 9 nitrogen and oxygen atoms in total. The van der Waals surface area contributed by atoms with Crippen LogP contribution in [0.25, 0.3) is 0 Å². The van der Waals surface area contributed by atoms with Gasteiger partial charge in [0.15, 0.2) is 6.10 Å². The van der Waals surface area contributed by atoms with Crippen molar-refractivity contribution in [1.29, 1.82) is 0 Å². The summed E-state index contributed by atoms with van der Waals surface area (Å²) < 4.78 is 34.0. The Bertz CT molecular complexity index is 1810. The second-order valence-electron chi connectivity index (χ2n) is 18.1. The van der Waals surface area contributed by atoms with Crippen LogP contribution in [0.2, 0.25) is 0 Å². The van der Waals surface area contributed by atoms with Crippen molar-refractivity contribution in [2.75, 3.05) is 47.5 Å². The maximum Gasteiger partial charge on any atom is 0.306 e. The van der Waals surface area contributed by atoms with E-state index in [0.29, 0.717) is 23.9 Å². The van der Waals surface area contributed by atoms with Crippen LogP contribution in [0, 0.1) is 0 Å². The molecule has 0 bridgehead atoms. The van der Waals surface area contributed by atoms with Crippen molar-refractivity contribution in [3.63, 3.8) is 0 Å². The summed E-state index contributed by atoms with van der Waals surface area (Å²) in [5.74, 6) is -0.956. The van der Waals surface area contributed by atoms with Crippen molar-refractivity contribution >= 4 is 19.8 Å². The summed E-state index contributed by atoms with van der Waals surface area (Å²) in [5, 5.41) is 0. The first kappa shape index (κ1) is 67.4. The fraction of sp³-hybridized carbons (Fsp3) is 0.516. The van der Waals surface area contributed by atoms with Gasteiger partial charge in [0.05, 0.1) is 27.7 Å². The molecule has 0 aliphatic heterocycles. The lowest BCUT2D eigenvalue weighted by Gasteiger charge is -2.28. The number of carbonyl (C=O) groups excluding carboxylic acids is 2. The number of allylic oxidation sites excluding steroid dienone is 28. The van der Waals surface area contributed by atoms with E-state index >= 15 is 0 Å². The zero-order chi connectivity index (χ0) is 52.7. The number of hydrogen-bond acceptors (Lipinski definition) is 8. The number of quaternary nitrogens is 1. The second kappa shape index (κ2) is 51.3. The van der Waals surface area contributed by atoms with Gasteiger partial charge in [0, 0.05) is 12.8 Å². The third kappa shape index (κ3) is 54.7. The molecule has 0 aliphatic rings. The molecule has 72 heavy (non-hydrogen) atoms. The van der Waals surface area contributed by atoms with Crippen molar-refractivity contribution < 1.29 is 42.1 Å². The lowest BCUT2D eigenvalue weighted by molar-refractivity contribution is -0.870. The quantitative estimate of drug-likeness (QED) is 0.0195. The van der Waals surface area contributed by atoms with Gasteiger partial charge in [-0.25, -0.2) is 0 Å². The molecule has 402 valence electrons. The maximum atomic E-state index is 12.8. The van der Waals surface area contributed by atoms with Crippen LogP contribution in [0.1, 0.15) is 155 Å². The van der Waals surface area contributed by atoms with Gasteiger partial charge in [-0.2, -0.15) is 0 Å². The topological polar surface area (TPSA) is 111 Å². The van der Waals surface area contributed by atoms with Gasteiger partial charge in [-0.3, -0.25) is 14.2 Å². The van der Waals surface area contributed by atoms with Crippen LogP contribution in [-0.2, 0) is 32.7 Å². The number of likely N-dealkylation sites (N-methyl/N-ethyl adjacent to an activating group) is 1. The highest BCUT2D eigenvalue weighted by atomic mass is 31.2. The zero-order valence-corrected chi connectivity index (χ0v) is 46.2. The molecule has 0 saturated carbocycles.